The Hall–Kier alpha value is -0.620. The molecule has 0 saturated heterocycles. The Morgan fingerprint density at radius 3 is 1.76 bits per heavy atom. The molecule has 0 aromatic heterocycles. The van der Waals surface area contributed by atoms with Gasteiger partial charge in [0.1, 0.15) is 12.4 Å². The Labute approximate surface area is 128 Å². The zero-order chi connectivity index (χ0) is 15.6. The lowest BCUT2D eigenvalue weighted by atomic mass is 9.93. The van der Waals surface area contributed by atoms with E-state index in [0.717, 1.165) is 38.5 Å². The summed E-state index contributed by atoms with van der Waals surface area (Å²) in [6, 6.07) is 0. The van der Waals surface area contributed by atoms with Crippen molar-refractivity contribution in [2.75, 3.05) is 12.4 Å². The zero-order valence-electron chi connectivity index (χ0n) is 12.8. The second-order valence-electron chi connectivity index (χ2n) is 5.91. The predicted octanol–water partition coefficient (Wildman–Crippen LogP) is 3.34. The average molecular weight is 320 g/mol. The summed E-state index contributed by atoms with van der Waals surface area (Å²) >= 11 is 0. The highest BCUT2D eigenvalue weighted by atomic mass is 32.2. The molecule has 0 atom stereocenters. The number of rotatable bonds is 4. The molecule has 0 bridgehead atoms. The van der Waals surface area contributed by atoms with Crippen LogP contribution in [0.1, 0.15) is 70.6 Å². The van der Waals surface area contributed by atoms with Crippen LogP contribution in [0.3, 0.4) is 0 Å². The molecule has 0 aromatic carbocycles. The highest BCUT2D eigenvalue weighted by molar-refractivity contribution is 7.85. The summed E-state index contributed by atoms with van der Waals surface area (Å²) in [5.74, 6) is -0.951. The first-order valence-electron chi connectivity index (χ1n) is 8.11. The number of hydrogen-bond acceptors (Lipinski definition) is 4. The van der Waals surface area contributed by atoms with Crippen LogP contribution in [-0.4, -0.2) is 31.3 Å². The molecule has 0 radical (unpaired) electrons. The molecule has 0 aliphatic heterocycles. The molecular weight excluding hydrogens is 292 g/mol. The topological polar surface area (TPSA) is 80.7 Å². The Balaban J connectivity index is 2.37. The monoisotopic (exact) mass is 320 g/mol. The lowest BCUT2D eigenvalue weighted by Crippen LogP contribution is -2.21. The third kappa shape index (κ3) is 9.85. The normalized spacial score (nSPS) is 20.2. The minimum atomic E-state index is -4.06. The van der Waals surface area contributed by atoms with Crippen molar-refractivity contribution in [3.05, 3.63) is 0 Å². The van der Waals surface area contributed by atoms with Crippen molar-refractivity contribution < 1.29 is 22.5 Å². The van der Waals surface area contributed by atoms with Gasteiger partial charge in [0.2, 0.25) is 0 Å². The van der Waals surface area contributed by atoms with Crippen molar-refractivity contribution in [2.24, 2.45) is 5.92 Å². The van der Waals surface area contributed by atoms with Crippen LogP contribution in [0.2, 0.25) is 0 Å². The Kier molecular flexibility index (Phi) is 8.92. The minimum Gasteiger partial charge on any atom is -0.464 e. The average Bonchev–Trinajstić information content (AvgIpc) is 2.37. The largest absolute Gasteiger partial charge is 0.464 e. The van der Waals surface area contributed by atoms with Crippen LogP contribution >= 0.6 is 0 Å². The lowest BCUT2D eigenvalue weighted by Gasteiger charge is -2.16. The van der Waals surface area contributed by atoms with E-state index in [4.69, 9.17) is 9.29 Å². The SMILES string of the molecule is O=C(OCCS(=O)(=O)O)C1CCCCCCCCCCC1. The van der Waals surface area contributed by atoms with Gasteiger partial charge in [-0.2, -0.15) is 8.42 Å². The minimum absolute atomic E-state index is 0.120. The third-order valence-corrected chi connectivity index (χ3v) is 4.71. The quantitative estimate of drug-likeness (QED) is 0.634. The van der Waals surface area contributed by atoms with E-state index in [1.165, 1.54) is 32.1 Å². The summed E-state index contributed by atoms with van der Waals surface area (Å²) in [4.78, 5) is 12.0. The van der Waals surface area contributed by atoms with Gasteiger partial charge in [0.05, 0.1) is 5.92 Å². The highest BCUT2D eigenvalue weighted by Crippen LogP contribution is 2.22. The predicted molar refractivity (Wildman–Crippen MR) is 81.7 cm³/mol. The van der Waals surface area contributed by atoms with Crippen LogP contribution in [0.25, 0.3) is 0 Å². The molecule has 1 aliphatic rings. The van der Waals surface area contributed by atoms with E-state index < -0.39 is 15.9 Å². The smallest absolute Gasteiger partial charge is 0.308 e. The van der Waals surface area contributed by atoms with E-state index in [9.17, 15) is 13.2 Å². The van der Waals surface area contributed by atoms with Gasteiger partial charge in [-0.3, -0.25) is 9.35 Å². The molecule has 1 rings (SSSR count). The fourth-order valence-electron chi connectivity index (χ4n) is 2.76. The molecule has 21 heavy (non-hydrogen) atoms. The highest BCUT2D eigenvalue weighted by Gasteiger charge is 2.20. The Morgan fingerprint density at radius 2 is 1.33 bits per heavy atom. The lowest BCUT2D eigenvalue weighted by molar-refractivity contribution is -0.148. The van der Waals surface area contributed by atoms with Gasteiger partial charge in [-0.05, 0) is 12.8 Å². The van der Waals surface area contributed by atoms with Crippen molar-refractivity contribution in [1.29, 1.82) is 0 Å². The van der Waals surface area contributed by atoms with Gasteiger partial charge in [0, 0.05) is 0 Å². The van der Waals surface area contributed by atoms with E-state index in [0.29, 0.717) is 0 Å². The molecular formula is C15H28O5S. The summed E-state index contributed by atoms with van der Waals surface area (Å²) in [7, 11) is -4.06. The van der Waals surface area contributed by atoms with Crippen LogP contribution in [0, 0.1) is 5.92 Å². The van der Waals surface area contributed by atoms with Crippen LogP contribution in [0.5, 0.6) is 0 Å². The van der Waals surface area contributed by atoms with Crippen LogP contribution in [-0.2, 0) is 19.6 Å². The van der Waals surface area contributed by atoms with Crippen molar-refractivity contribution in [1.82, 2.24) is 0 Å². The van der Waals surface area contributed by atoms with E-state index in [1.807, 2.05) is 0 Å². The van der Waals surface area contributed by atoms with E-state index in [2.05, 4.69) is 0 Å². The second kappa shape index (κ2) is 10.2. The molecule has 1 fully saturated rings. The Morgan fingerprint density at radius 1 is 0.905 bits per heavy atom. The number of carbonyl (C=O) groups is 1. The van der Waals surface area contributed by atoms with Crippen molar-refractivity contribution in [3.8, 4) is 0 Å². The maximum atomic E-state index is 12.0. The molecule has 1 aliphatic carbocycles. The third-order valence-electron chi connectivity index (χ3n) is 4.02. The summed E-state index contributed by atoms with van der Waals surface area (Å²) in [5, 5.41) is 0. The second-order valence-corrected chi connectivity index (χ2v) is 7.48. The maximum Gasteiger partial charge on any atom is 0.308 e. The van der Waals surface area contributed by atoms with Crippen LogP contribution in [0.15, 0.2) is 0 Å². The molecule has 0 heterocycles. The first-order chi connectivity index (χ1) is 9.99. The standard InChI is InChI=1S/C15H28O5S/c16-15(20-12-13-21(17,18)19)14-10-8-6-4-2-1-3-5-7-9-11-14/h14H,1-13H2,(H,17,18,19). The zero-order valence-corrected chi connectivity index (χ0v) is 13.6. The summed E-state index contributed by atoms with van der Waals surface area (Å²) < 4.78 is 34.9. The molecule has 0 aromatic rings. The van der Waals surface area contributed by atoms with Gasteiger partial charge >= 0.3 is 5.97 Å². The molecule has 0 spiro atoms. The van der Waals surface area contributed by atoms with Gasteiger partial charge < -0.3 is 4.74 Å². The maximum absolute atomic E-state index is 12.0. The molecule has 0 amide bonds. The fourth-order valence-corrected chi connectivity index (χ4v) is 3.06. The van der Waals surface area contributed by atoms with E-state index in [1.54, 1.807) is 0 Å². The van der Waals surface area contributed by atoms with E-state index >= 15 is 0 Å². The molecule has 1 N–H and O–H groups in total. The van der Waals surface area contributed by atoms with Gasteiger partial charge in [0.15, 0.2) is 0 Å². The van der Waals surface area contributed by atoms with Gasteiger partial charge in [-0.15, -0.1) is 0 Å². The van der Waals surface area contributed by atoms with Crippen LogP contribution < -0.4 is 0 Å². The molecule has 6 heteroatoms. The molecule has 124 valence electrons. The summed E-state index contributed by atoms with van der Waals surface area (Å²) in [6.45, 7) is -0.256. The number of ether oxygens (including phenoxy) is 1. The Bertz CT molecular complexity index is 379. The van der Waals surface area contributed by atoms with E-state index in [-0.39, 0.29) is 18.5 Å². The van der Waals surface area contributed by atoms with Crippen LogP contribution in [0.4, 0.5) is 0 Å². The van der Waals surface area contributed by atoms with Crippen molar-refractivity contribution >= 4 is 16.1 Å². The van der Waals surface area contributed by atoms with Crippen molar-refractivity contribution in [2.45, 2.75) is 70.6 Å². The number of carbonyl (C=O) groups excluding carboxylic acids is 1. The fraction of sp³-hybridized carbons (Fsp3) is 0.933. The van der Waals surface area contributed by atoms with Crippen molar-refractivity contribution in [3.63, 3.8) is 0 Å². The van der Waals surface area contributed by atoms with Gasteiger partial charge in [-0.25, -0.2) is 0 Å². The molecule has 1 saturated carbocycles. The first kappa shape index (κ1) is 18.4. The van der Waals surface area contributed by atoms with Gasteiger partial charge in [0.25, 0.3) is 10.1 Å². The molecule has 0 unspecified atom stereocenters. The number of esters is 1. The summed E-state index contributed by atoms with van der Waals surface area (Å²) in [6.07, 6.45) is 12.3. The van der Waals surface area contributed by atoms with Gasteiger partial charge in [-0.1, -0.05) is 57.8 Å². The summed E-state index contributed by atoms with van der Waals surface area (Å²) in [5.41, 5.74) is 0. The molecule has 5 nitrogen and oxygen atoms in total. The first-order valence-corrected chi connectivity index (χ1v) is 9.72. The number of hydrogen-bond donors (Lipinski definition) is 1.